The highest BCUT2D eigenvalue weighted by molar-refractivity contribution is 6.00. The lowest BCUT2D eigenvalue weighted by molar-refractivity contribution is -0.126. The van der Waals surface area contributed by atoms with E-state index in [1.807, 2.05) is 42.8 Å². The average molecular weight is 490 g/mol. The van der Waals surface area contributed by atoms with E-state index < -0.39 is 0 Å². The van der Waals surface area contributed by atoms with Crippen molar-refractivity contribution in [3.63, 3.8) is 0 Å². The van der Waals surface area contributed by atoms with Crippen molar-refractivity contribution in [2.24, 2.45) is 5.92 Å². The highest BCUT2D eigenvalue weighted by Crippen LogP contribution is 2.27. The highest BCUT2D eigenvalue weighted by Gasteiger charge is 2.34. The second-order valence-corrected chi connectivity index (χ2v) is 8.95. The van der Waals surface area contributed by atoms with Crippen LogP contribution in [0.1, 0.15) is 24.0 Å². The van der Waals surface area contributed by atoms with Crippen LogP contribution in [0.15, 0.2) is 61.2 Å². The second-order valence-electron chi connectivity index (χ2n) is 8.95. The zero-order chi connectivity index (χ0) is 25.5. The summed E-state index contributed by atoms with van der Waals surface area (Å²) in [5.41, 5.74) is 3.47. The van der Waals surface area contributed by atoms with Gasteiger partial charge in [0, 0.05) is 49.8 Å². The van der Waals surface area contributed by atoms with E-state index in [1.165, 1.54) is 0 Å². The molecule has 0 aliphatic carbocycles. The van der Waals surface area contributed by atoms with Gasteiger partial charge < -0.3 is 24.8 Å². The van der Waals surface area contributed by atoms with E-state index in [9.17, 15) is 14.4 Å². The Bertz CT molecular complexity index is 1190. The molecule has 2 heterocycles. The number of ether oxygens (including phenoxy) is 1. The van der Waals surface area contributed by atoms with Crippen LogP contribution in [0.2, 0.25) is 0 Å². The number of aromatic nitrogens is 2. The van der Waals surface area contributed by atoms with Gasteiger partial charge in [0.1, 0.15) is 5.75 Å². The molecule has 0 unspecified atom stereocenters. The third-order valence-electron chi connectivity index (χ3n) is 6.21. The smallest absolute Gasteiger partial charge is 0.262 e. The summed E-state index contributed by atoms with van der Waals surface area (Å²) in [4.78, 5) is 43.0. The maximum absolute atomic E-state index is 12.6. The van der Waals surface area contributed by atoms with Gasteiger partial charge in [0.15, 0.2) is 6.61 Å². The van der Waals surface area contributed by atoms with Gasteiger partial charge in [-0.3, -0.25) is 14.4 Å². The summed E-state index contributed by atoms with van der Waals surface area (Å²) in [5, 5.41) is 5.82. The van der Waals surface area contributed by atoms with E-state index >= 15 is 0 Å². The van der Waals surface area contributed by atoms with Crippen molar-refractivity contribution < 1.29 is 19.1 Å². The van der Waals surface area contributed by atoms with Gasteiger partial charge in [0.2, 0.25) is 11.8 Å². The molecule has 1 fully saturated rings. The predicted molar refractivity (Wildman–Crippen MR) is 137 cm³/mol. The first-order valence-electron chi connectivity index (χ1n) is 12.0. The molecule has 36 heavy (non-hydrogen) atoms. The number of carbonyl (C=O) groups excluding carboxylic acids is 3. The predicted octanol–water partition coefficient (Wildman–Crippen LogP) is 3.08. The standard InChI is InChI=1S/C27H31N5O4/c1-19-5-3-6-20(2)26(19)30-24(33)17-36-23-9-7-22(8-10-23)32-16-21(15-25(32)34)27(35)29-11-4-13-31-14-12-28-18-31/h3,5-10,12,14,18,21H,4,11,13,15-17H2,1-2H3,(H,29,35)(H,30,33)/t21-/m0/s1. The lowest BCUT2D eigenvalue weighted by Crippen LogP contribution is -2.33. The highest BCUT2D eigenvalue weighted by atomic mass is 16.5. The summed E-state index contributed by atoms with van der Waals surface area (Å²) in [6.07, 6.45) is 6.32. The van der Waals surface area contributed by atoms with Crippen LogP contribution in [0.25, 0.3) is 0 Å². The zero-order valence-corrected chi connectivity index (χ0v) is 20.6. The summed E-state index contributed by atoms with van der Waals surface area (Å²) < 4.78 is 7.58. The zero-order valence-electron chi connectivity index (χ0n) is 20.6. The van der Waals surface area contributed by atoms with E-state index in [2.05, 4.69) is 15.6 Å². The van der Waals surface area contributed by atoms with E-state index in [4.69, 9.17) is 4.74 Å². The molecule has 188 valence electrons. The van der Waals surface area contributed by atoms with Crippen molar-refractivity contribution in [3.8, 4) is 5.75 Å². The van der Waals surface area contributed by atoms with Crippen LogP contribution < -0.4 is 20.3 Å². The number of nitrogens with zero attached hydrogens (tertiary/aromatic N) is 3. The Morgan fingerprint density at radius 1 is 1.11 bits per heavy atom. The number of carbonyl (C=O) groups is 3. The van der Waals surface area contributed by atoms with Crippen molar-refractivity contribution in [1.82, 2.24) is 14.9 Å². The maximum Gasteiger partial charge on any atom is 0.262 e. The monoisotopic (exact) mass is 489 g/mol. The van der Waals surface area contributed by atoms with Crippen LogP contribution >= 0.6 is 0 Å². The van der Waals surface area contributed by atoms with Crippen molar-refractivity contribution in [1.29, 1.82) is 0 Å². The molecule has 1 atom stereocenters. The number of hydrogen-bond acceptors (Lipinski definition) is 5. The number of amides is 3. The first-order chi connectivity index (χ1) is 17.4. The lowest BCUT2D eigenvalue weighted by atomic mass is 10.1. The third kappa shape index (κ3) is 6.29. The van der Waals surface area contributed by atoms with Crippen LogP contribution in [0.4, 0.5) is 11.4 Å². The number of anilines is 2. The number of rotatable bonds is 10. The minimum atomic E-state index is -0.379. The molecule has 0 bridgehead atoms. The molecule has 0 saturated carbocycles. The number of hydrogen-bond donors (Lipinski definition) is 2. The number of benzene rings is 2. The first-order valence-corrected chi connectivity index (χ1v) is 12.0. The van der Waals surface area contributed by atoms with E-state index in [-0.39, 0.29) is 36.7 Å². The molecule has 9 nitrogen and oxygen atoms in total. The molecule has 3 aromatic rings. The Hall–Kier alpha value is -4.14. The average Bonchev–Trinajstić information content (AvgIpc) is 3.53. The van der Waals surface area contributed by atoms with Gasteiger partial charge in [0.25, 0.3) is 5.91 Å². The van der Waals surface area contributed by atoms with Gasteiger partial charge >= 0.3 is 0 Å². The van der Waals surface area contributed by atoms with Gasteiger partial charge in [-0.1, -0.05) is 18.2 Å². The molecule has 3 amide bonds. The largest absolute Gasteiger partial charge is 0.484 e. The number of para-hydroxylation sites is 1. The Morgan fingerprint density at radius 2 is 1.86 bits per heavy atom. The van der Waals surface area contributed by atoms with Gasteiger partial charge in [-0.05, 0) is 55.7 Å². The molecule has 1 aliphatic heterocycles. The number of nitrogens with one attached hydrogen (secondary N) is 2. The molecule has 2 aromatic carbocycles. The third-order valence-corrected chi connectivity index (χ3v) is 6.21. The van der Waals surface area contributed by atoms with Crippen LogP contribution in [0.3, 0.4) is 0 Å². The van der Waals surface area contributed by atoms with Gasteiger partial charge in [-0.25, -0.2) is 4.98 Å². The van der Waals surface area contributed by atoms with Crippen molar-refractivity contribution in [2.75, 3.05) is 29.9 Å². The number of aryl methyl sites for hydroxylation is 3. The van der Waals surface area contributed by atoms with Crippen molar-refractivity contribution >= 4 is 29.1 Å². The van der Waals surface area contributed by atoms with Crippen LogP contribution in [-0.4, -0.2) is 47.0 Å². The summed E-state index contributed by atoms with van der Waals surface area (Å²) in [6, 6.07) is 12.8. The molecule has 1 saturated heterocycles. The Balaban J connectivity index is 1.23. The molecular weight excluding hydrogens is 458 g/mol. The minimum Gasteiger partial charge on any atom is -0.484 e. The quantitative estimate of drug-likeness (QED) is 0.426. The fraction of sp³-hybridized carbons (Fsp3) is 0.333. The topological polar surface area (TPSA) is 106 Å². The second kappa shape index (κ2) is 11.5. The first kappa shape index (κ1) is 25.0. The number of imidazole rings is 1. The summed E-state index contributed by atoms with van der Waals surface area (Å²) in [6.45, 7) is 5.42. The fourth-order valence-corrected chi connectivity index (χ4v) is 4.23. The van der Waals surface area contributed by atoms with E-state index in [0.29, 0.717) is 24.5 Å². The van der Waals surface area contributed by atoms with E-state index in [1.54, 1.807) is 41.7 Å². The fourth-order valence-electron chi connectivity index (χ4n) is 4.23. The molecule has 9 heteroatoms. The Labute approximate surface area is 210 Å². The minimum absolute atomic E-state index is 0.0878. The maximum atomic E-state index is 12.6. The van der Waals surface area contributed by atoms with Gasteiger partial charge in [-0.15, -0.1) is 0 Å². The molecule has 1 aliphatic rings. The lowest BCUT2D eigenvalue weighted by Gasteiger charge is -2.17. The van der Waals surface area contributed by atoms with Crippen LogP contribution in [-0.2, 0) is 20.9 Å². The normalized spacial score (nSPS) is 15.1. The Kier molecular flexibility index (Phi) is 7.99. The molecule has 0 radical (unpaired) electrons. The SMILES string of the molecule is Cc1cccc(C)c1NC(=O)COc1ccc(N2C[C@@H](C(=O)NCCCn3ccnc3)CC2=O)cc1. The summed E-state index contributed by atoms with van der Waals surface area (Å²) in [5.74, 6) is -0.295. The molecule has 0 spiro atoms. The summed E-state index contributed by atoms with van der Waals surface area (Å²) in [7, 11) is 0. The molecule has 2 N–H and O–H groups in total. The van der Waals surface area contributed by atoms with Crippen molar-refractivity contribution in [3.05, 3.63) is 72.3 Å². The molecule has 1 aromatic heterocycles. The van der Waals surface area contributed by atoms with Gasteiger partial charge in [0.05, 0.1) is 12.2 Å². The molecular formula is C27H31N5O4. The van der Waals surface area contributed by atoms with Gasteiger partial charge in [-0.2, -0.15) is 0 Å². The van der Waals surface area contributed by atoms with E-state index in [0.717, 1.165) is 29.8 Å². The Morgan fingerprint density at radius 3 is 2.56 bits per heavy atom. The summed E-state index contributed by atoms with van der Waals surface area (Å²) >= 11 is 0. The molecule has 4 rings (SSSR count). The van der Waals surface area contributed by atoms with Crippen LogP contribution in [0.5, 0.6) is 5.75 Å². The van der Waals surface area contributed by atoms with Crippen molar-refractivity contribution in [2.45, 2.75) is 33.2 Å². The van der Waals surface area contributed by atoms with Crippen LogP contribution in [0, 0.1) is 19.8 Å².